The molecule has 0 aliphatic heterocycles. The SMILES string of the molecule is COC(CNS(=O)(=O)Cc1ccsc1)c1ccc(Cl)cc1. The van der Waals surface area contributed by atoms with Gasteiger partial charge in [-0.15, -0.1) is 0 Å². The minimum atomic E-state index is -3.38. The topological polar surface area (TPSA) is 55.4 Å². The highest BCUT2D eigenvalue weighted by molar-refractivity contribution is 7.88. The molecule has 0 spiro atoms. The van der Waals surface area contributed by atoms with Gasteiger partial charge in [-0.2, -0.15) is 11.3 Å². The van der Waals surface area contributed by atoms with Gasteiger partial charge in [0.2, 0.25) is 10.0 Å². The second-order valence-corrected chi connectivity index (χ2v) is 7.54. The first-order valence-electron chi connectivity index (χ1n) is 6.27. The monoisotopic (exact) mass is 345 g/mol. The average Bonchev–Trinajstić information content (AvgIpc) is 2.93. The van der Waals surface area contributed by atoms with Gasteiger partial charge in [0.25, 0.3) is 0 Å². The molecule has 0 saturated heterocycles. The van der Waals surface area contributed by atoms with Gasteiger partial charge in [-0.3, -0.25) is 0 Å². The van der Waals surface area contributed by atoms with E-state index in [0.717, 1.165) is 11.1 Å². The molecule has 0 aliphatic carbocycles. The number of hydrogen-bond donors (Lipinski definition) is 1. The molecule has 1 unspecified atom stereocenters. The second kappa shape index (κ2) is 7.38. The molecule has 0 amide bonds. The van der Waals surface area contributed by atoms with Crippen LogP contribution in [0.1, 0.15) is 17.2 Å². The van der Waals surface area contributed by atoms with Gasteiger partial charge < -0.3 is 4.74 Å². The quantitative estimate of drug-likeness (QED) is 0.838. The van der Waals surface area contributed by atoms with Crippen molar-refractivity contribution < 1.29 is 13.2 Å². The van der Waals surface area contributed by atoms with Gasteiger partial charge >= 0.3 is 0 Å². The molecule has 1 N–H and O–H groups in total. The molecule has 0 saturated carbocycles. The molecule has 1 heterocycles. The summed E-state index contributed by atoms with van der Waals surface area (Å²) in [5, 5.41) is 4.31. The third-order valence-corrected chi connectivity index (χ3v) is 5.26. The fourth-order valence-electron chi connectivity index (χ4n) is 1.86. The van der Waals surface area contributed by atoms with Crippen LogP contribution >= 0.6 is 22.9 Å². The third-order valence-electron chi connectivity index (χ3n) is 2.95. The molecular weight excluding hydrogens is 330 g/mol. The van der Waals surface area contributed by atoms with E-state index in [2.05, 4.69) is 4.72 Å². The Morgan fingerprint density at radius 3 is 2.57 bits per heavy atom. The first-order chi connectivity index (χ1) is 10.00. The van der Waals surface area contributed by atoms with E-state index in [-0.39, 0.29) is 18.4 Å². The molecule has 1 aromatic carbocycles. The van der Waals surface area contributed by atoms with Crippen molar-refractivity contribution in [3.05, 3.63) is 57.2 Å². The highest BCUT2D eigenvalue weighted by atomic mass is 35.5. The maximum absolute atomic E-state index is 12.0. The Kier molecular flexibility index (Phi) is 5.78. The minimum Gasteiger partial charge on any atom is -0.375 e. The zero-order valence-corrected chi connectivity index (χ0v) is 13.8. The van der Waals surface area contributed by atoms with Crippen LogP contribution in [-0.4, -0.2) is 22.1 Å². The van der Waals surface area contributed by atoms with Crippen LogP contribution in [0.2, 0.25) is 5.02 Å². The third kappa shape index (κ3) is 5.09. The number of thiophene rings is 1. The number of nitrogens with one attached hydrogen (secondary N) is 1. The van der Waals surface area contributed by atoms with E-state index in [0.29, 0.717) is 5.02 Å². The lowest BCUT2D eigenvalue weighted by molar-refractivity contribution is 0.107. The van der Waals surface area contributed by atoms with Gasteiger partial charge in [-0.1, -0.05) is 23.7 Å². The molecule has 2 aromatic rings. The number of methoxy groups -OCH3 is 1. The van der Waals surface area contributed by atoms with Crippen LogP contribution in [0.15, 0.2) is 41.1 Å². The summed E-state index contributed by atoms with van der Waals surface area (Å²) in [5.41, 5.74) is 1.66. The fourth-order valence-corrected chi connectivity index (χ4v) is 3.89. The van der Waals surface area contributed by atoms with Crippen LogP contribution in [0, 0.1) is 0 Å². The fraction of sp³-hybridized carbons (Fsp3) is 0.286. The van der Waals surface area contributed by atoms with E-state index in [1.165, 1.54) is 11.3 Å². The highest BCUT2D eigenvalue weighted by Crippen LogP contribution is 2.19. The molecule has 4 nitrogen and oxygen atoms in total. The van der Waals surface area contributed by atoms with Crippen molar-refractivity contribution in [2.45, 2.75) is 11.9 Å². The molecule has 0 aliphatic rings. The summed E-state index contributed by atoms with van der Waals surface area (Å²) in [6, 6.07) is 8.95. The minimum absolute atomic E-state index is 0.0203. The van der Waals surface area contributed by atoms with Crippen molar-refractivity contribution in [1.82, 2.24) is 4.72 Å². The lowest BCUT2D eigenvalue weighted by atomic mass is 10.1. The number of sulfonamides is 1. The Morgan fingerprint density at radius 2 is 2.00 bits per heavy atom. The summed E-state index contributed by atoms with van der Waals surface area (Å²) in [7, 11) is -1.83. The van der Waals surface area contributed by atoms with E-state index in [1.54, 1.807) is 25.3 Å². The van der Waals surface area contributed by atoms with Gasteiger partial charge in [-0.25, -0.2) is 13.1 Å². The summed E-state index contributed by atoms with van der Waals surface area (Å²) in [6.07, 6.45) is -0.348. The number of halogens is 1. The van der Waals surface area contributed by atoms with Crippen LogP contribution in [0.5, 0.6) is 0 Å². The number of rotatable bonds is 7. The zero-order valence-electron chi connectivity index (χ0n) is 11.5. The molecule has 0 bridgehead atoms. The predicted octanol–water partition coefficient (Wildman–Crippen LogP) is 3.21. The summed E-state index contributed by atoms with van der Waals surface area (Å²) < 4.78 is 32.0. The molecule has 21 heavy (non-hydrogen) atoms. The molecule has 114 valence electrons. The van der Waals surface area contributed by atoms with Crippen LogP contribution in [-0.2, 0) is 20.5 Å². The molecule has 1 aromatic heterocycles. The van der Waals surface area contributed by atoms with Gasteiger partial charge in [0.05, 0.1) is 11.9 Å². The Balaban J connectivity index is 1.97. The van der Waals surface area contributed by atoms with Crippen LogP contribution in [0.3, 0.4) is 0 Å². The second-order valence-electron chi connectivity index (χ2n) is 4.52. The lowest BCUT2D eigenvalue weighted by Gasteiger charge is -2.16. The van der Waals surface area contributed by atoms with Crippen molar-refractivity contribution in [3.63, 3.8) is 0 Å². The van der Waals surface area contributed by atoms with Crippen LogP contribution < -0.4 is 4.72 Å². The Labute approximate surface area is 133 Å². The molecule has 2 rings (SSSR count). The van der Waals surface area contributed by atoms with Crippen molar-refractivity contribution in [3.8, 4) is 0 Å². The summed E-state index contributed by atoms with van der Waals surface area (Å²) in [4.78, 5) is 0. The maximum atomic E-state index is 12.0. The predicted molar refractivity (Wildman–Crippen MR) is 86.1 cm³/mol. The average molecular weight is 346 g/mol. The number of ether oxygens (including phenoxy) is 1. The largest absolute Gasteiger partial charge is 0.375 e. The highest BCUT2D eigenvalue weighted by Gasteiger charge is 2.16. The Hall–Kier alpha value is -0.920. The molecule has 7 heteroatoms. The number of hydrogen-bond acceptors (Lipinski definition) is 4. The van der Waals surface area contributed by atoms with Crippen molar-refractivity contribution in [2.75, 3.05) is 13.7 Å². The summed E-state index contributed by atoms with van der Waals surface area (Å²) in [6.45, 7) is 0.185. The first kappa shape index (κ1) is 16.5. The van der Waals surface area contributed by atoms with Crippen LogP contribution in [0.4, 0.5) is 0 Å². The smallest absolute Gasteiger partial charge is 0.215 e. The molecule has 1 atom stereocenters. The van der Waals surface area contributed by atoms with E-state index in [9.17, 15) is 8.42 Å². The maximum Gasteiger partial charge on any atom is 0.215 e. The first-order valence-corrected chi connectivity index (χ1v) is 9.24. The Morgan fingerprint density at radius 1 is 1.29 bits per heavy atom. The van der Waals surface area contributed by atoms with E-state index < -0.39 is 10.0 Å². The Bertz CT molecular complexity index is 654. The summed E-state index contributed by atoms with van der Waals surface area (Å²) in [5.74, 6) is -0.0203. The lowest BCUT2D eigenvalue weighted by Crippen LogP contribution is -2.30. The molecular formula is C14H16ClNO3S2. The van der Waals surface area contributed by atoms with Crippen molar-refractivity contribution >= 4 is 33.0 Å². The normalized spacial score (nSPS) is 13.2. The molecule has 0 fully saturated rings. The van der Waals surface area contributed by atoms with Crippen molar-refractivity contribution in [2.24, 2.45) is 0 Å². The van der Waals surface area contributed by atoms with E-state index in [1.807, 2.05) is 22.9 Å². The van der Waals surface area contributed by atoms with Crippen molar-refractivity contribution in [1.29, 1.82) is 0 Å². The van der Waals surface area contributed by atoms with E-state index >= 15 is 0 Å². The number of benzene rings is 1. The molecule has 0 radical (unpaired) electrons. The summed E-state index contributed by atoms with van der Waals surface area (Å²) >= 11 is 7.32. The van der Waals surface area contributed by atoms with Crippen LogP contribution in [0.25, 0.3) is 0 Å². The zero-order chi connectivity index (χ0) is 15.3. The van der Waals surface area contributed by atoms with Gasteiger partial charge in [-0.05, 0) is 40.1 Å². The van der Waals surface area contributed by atoms with Gasteiger partial charge in [0.15, 0.2) is 0 Å². The van der Waals surface area contributed by atoms with Gasteiger partial charge in [0.1, 0.15) is 0 Å². The standard InChI is InChI=1S/C14H16ClNO3S2/c1-19-14(12-2-4-13(15)5-3-12)8-16-21(17,18)10-11-6-7-20-9-11/h2-7,9,14,16H,8,10H2,1H3. The van der Waals surface area contributed by atoms with Gasteiger partial charge in [0, 0.05) is 18.7 Å². The van der Waals surface area contributed by atoms with E-state index in [4.69, 9.17) is 16.3 Å².